The summed E-state index contributed by atoms with van der Waals surface area (Å²) in [6.45, 7) is 3.09. The van der Waals surface area contributed by atoms with Crippen LogP contribution in [0.25, 0.3) is 22.1 Å². The van der Waals surface area contributed by atoms with Crippen molar-refractivity contribution in [2.75, 3.05) is 26.2 Å². The second-order valence-electron chi connectivity index (χ2n) is 7.09. The standard InChI is InChI=1S/C21H20N2O3S3/c24-29(25,21-2-1-10-28-21)23-8-6-22(7-9-23)14-19-13-18-12-16(3-4-20(18)26-19)17-5-11-27-15-17/h1-5,10-13,15H,6-9,14H2. The SMILES string of the molecule is O=S(=O)(c1cccs1)N1CCN(Cc2cc3cc(-c4ccsc4)ccc3o2)CC1. The summed E-state index contributed by atoms with van der Waals surface area (Å²) in [5.74, 6) is 0.914. The molecule has 0 saturated carbocycles. The van der Waals surface area contributed by atoms with Crippen molar-refractivity contribution in [3.63, 3.8) is 0 Å². The predicted octanol–water partition coefficient (Wildman–Crippen LogP) is 4.73. The van der Waals surface area contributed by atoms with Gasteiger partial charge < -0.3 is 4.42 Å². The molecule has 3 aromatic heterocycles. The second-order valence-corrected chi connectivity index (χ2v) is 11.0. The summed E-state index contributed by atoms with van der Waals surface area (Å²) in [7, 11) is -3.36. The molecule has 0 radical (unpaired) electrons. The molecular weight excluding hydrogens is 424 g/mol. The van der Waals surface area contributed by atoms with Crippen molar-refractivity contribution >= 4 is 43.7 Å². The first-order valence-electron chi connectivity index (χ1n) is 9.41. The molecule has 4 heterocycles. The number of nitrogens with zero attached hydrogens (tertiary/aromatic N) is 2. The molecule has 0 amide bonds. The molecule has 1 aliphatic rings. The Morgan fingerprint density at radius 3 is 2.55 bits per heavy atom. The second kappa shape index (κ2) is 7.70. The van der Waals surface area contributed by atoms with Crippen molar-refractivity contribution in [1.82, 2.24) is 9.21 Å². The summed E-state index contributed by atoms with van der Waals surface area (Å²) in [6.07, 6.45) is 0. The van der Waals surface area contributed by atoms with E-state index in [4.69, 9.17) is 4.42 Å². The summed E-state index contributed by atoms with van der Waals surface area (Å²) in [4.78, 5) is 2.25. The number of hydrogen-bond donors (Lipinski definition) is 0. The number of hydrogen-bond acceptors (Lipinski definition) is 6. The van der Waals surface area contributed by atoms with Gasteiger partial charge in [-0.05, 0) is 57.6 Å². The van der Waals surface area contributed by atoms with Gasteiger partial charge in [-0.25, -0.2) is 8.42 Å². The first-order chi connectivity index (χ1) is 14.1. The number of furan rings is 1. The predicted molar refractivity (Wildman–Crippen MR) is 118 cm³/mol. The molecule has 0 N–H and O–H groups in total. The van der Waals surface area contributed by atoms with Crippen LogP contribution >= 0.6 is 22.7 Å². The quantitative estimate of drug-likeness (QED) is 0.447. The van der Waals surface area contributed by atoms with E-state index in [1.54, 1.807) is 33.2 Å². The Labute approximate surface area is 177 Å². The third kappa shape index (κ3) is 3.78. The average molecular weight is 445 g/mol. The van der Waals surface area contributed by atoms with Gasteiger partial charge >= 0.3 is 0 Å². The maximum atomic E-state index is 12.7. The van der Waals surface area contributed by atoms with E-state index in [1.807, 2.05) is 6.07 Å². The van der Waals surface area contributed by atoms with E-state index in [0.717, 1.165) is 16.7 Å². The van der Waals surface area contributed by atoms with Crippen molar-refractivity contribution in [1.29, 1.82) is 0 Å². The van der Waals surface area contributed by atoms with Crippen molar-refractivity contribution in [3.05, 3.63) is 64.4 Å². The van der Waals surface area contributed by atoms with Crippen molar-refractivity contribution < 1.29 is 12.8 Å². The van der Waals surface area contributed by atoms with Gasteiger partial charge in [0.05, 0.1) is 6.54 Å². The number of sulfonamides is 1. The number of piperazine rings is 1. The lowest BCUT2D eigenvalue weighted by Crippen LogP contribution is -2.47. The van der Waals surface area contributed by atoms with Gasteiger partial charge in [-0.1, -0.05) is 12.1 Å². The minimum absolute atomic E-state index is 0.421. The molecule has 0 atom stereocenters. The zero-order valence-corrected chi connectivity index (χ0v) is 18.1. The highest BCUT2D eigenvalue weighted by atomic mass is 32.2. The van der Waals surface area contributed by atoms with Gasteiger partial charge in [-0.3, -0.25) is 4.90 Å². The molecule has 0 bridgehead atoms. The Kier molecular flexibility index (Phi) is 5.05. The maximum Gasteiger partial charge on any atom is 0.252 e. The zero-order chi connectivity index (χ0) is 19.8. The fourth-order valence-electron chi connectivity index (χ4n) is 3.67. The summed E-state index contributed by atoms with van der Waals surface area (Å²) < 4.78 is 33.4. The largest absolute Gasteiger partial charge is 0.460 e. The van der Waals surface area contributed by atoms with Gasteiger partial charge in [-0.2, -0.15) is 15.6 Å². The van der Waals surface area contributed by atoms with Gasteiger partial charge in [0.2, 0.25) is 0 Å². The minimum Gasteiger partial charge on any atom is -0.460 e. The van der Waals surface area contributed by atoms with Gasteiger partial charge in [0, 0.05) is 31.6 Å². The maximum absolute atomic E-state index is 12.7. The van der Waals surface area contributed by atoms with Crippen LogP contribution in [-0.2, 0) is 16.6 Å². The van der Waals surface area contributed by atoms with Crippen LogP contribution in [0, 0.1) is 0 Å². The molecule has 150 valence electrons. The van der Waals surface area contributed by atoms with Gasteiger partial charge in [-0.15, -0.1) is 11.3 Å². The molecular formula is C21H20N2O3S3. The number of fused-ring (bicyclic) bond motifs is 1. The van der Waals surface area contributed by atoms with E-state index in [1.165, 1.54) is 22.5 Å². The Bertz CT molecular complexity index is 1200. The van der Waals surface area contributed by atoms with Crippen LogP contribution in [0.3, 0.4) is 0 Å². The third-order valence-corrected chi connectivity index (χ3v) is 9.18. The molecule has 1 aromatic carbocycles. The highest BCUT2D eigenvalue weighted by Gasteiger charge is 2.29. The molecule has 1 fully saturated rings. The first-order valence-corrected chi connectivity index (χ1v) is 12.7. The Morgan fingerprint density at radius 1 is 0.966 bits per heavy atom. The number of rotatable bonds is 5. The number of thiophene rings is 2. The Morgan fingerprint density at radius 2 is 1.83 bits per heavy atom. The van der Waals surface area contributed by atoms with Gasteiger partial charge in [0.15, 0.2) is 0 Å². The van der Waals surface area contributed by atoms with E-state index in [9.17, 15) is 8.42 Å². The summed E-state index contributed by atoms with van der Waals surface area (Å²) >= 11 is 2.96. The molecule has 8 heteroatoms. The van der Waals surface area contributed by atoms with Crippen LogP contribution in [0.2, 0.25) is 0 Å². The van der Waals surface area contributed by atoms with Crippen LogP contribution in [0.4, 0.5) is 0 Å². The van der Waals surface area contributed by atoms with Crippen LogP contribution in [0.1, 0.15) is 5.76 Å². The molecule has 4 aromatic rings. The van der Waals surface area contributed by atoms with Crippen LogP contribution in [0.15, 0.2) is 67.2 Å². The van der Waals surface area contributed by atoms with E-state index >= 15 is 0 Å². The molecule has 0 spiro atoms. The highest BCUT2D eigenvalue weighted by Crippen LogP contribution is 2.29. The zero-order valence-electron chi connectivity index (χ0n) is 15.7. The number of benzene rings is 1. The fourth-order valence-corrected chi connectivity index (χ4v) is 6.90. The lowest BCUT2D eigenvalue weighted by atomic mass is 10.1. The lowest BCUT2D eigenvalue weighted by Gasteiger charge is -2.33. The first kappa shape index (κ1) is 19.0. The van der Waals surface area contributed by atoms with E-state index in [-0.39, 0.29) is 0 Å². The molecule has 0 unspecified atom stereocenters. The van der Waals surface area contributed by atoms with E-state index in [2.05, 4.69) is 39.9 Å². The minimum atomic E-state index is -3.36. The molecule has 5 nitrogen and oxygen atoms in total. The molecule has 1 saturated heterocycles. The molecule has 1 aliphatic heterocycles. The Balaban J connectivity index is 1.26. The van der Waals surface area contributed by atoms with Crippen molar-refractivity contribution in [2.45, 2.75) is 10.8 Å². The summed E-state index contributed by atoms with van der Waals surface area (Å²) in [5, 5.41) is 7.13. The Hall–Kier alpha value is -1.97. The fraction of sp³-hybridized carbons (Fsp3) is 0.238. The van der Waals surface area contributed by atoms with Crippen LogP contribution in [-0.4, -0.2) is 43.8 Å². The topological polar surface area (TPSA) is 53.8 Å². The average Bonchev–Trinajstić information content (AvgIpc) is 3.48. The van der Waals surface area contributed by atoms with Crippen LogP contribution < -0.4 is 0 Å². The van der Waals surface area contributed by atoms with Crippen molar-refractivity contribution in [3.8, 4) is 11.1 Å². The van der Waals surface area contributed by atoms with Crippen molar-refractivity contribution in [2.24, 2.45) is 0 Å². The van der Waals surface area contributed by atoms with E-state index < -0.39 is 10.0 Å². The van der Waals surface area contributed by atoms with Gasteiger partial charge in [0.1, 0.15) is 15.6 Å². The monoisotopic (exact) mass is 444 g/mol. The highest BCUT2D eigenvalue weighted by molar-refractivity contribution is 7.91. The normalized spacial score (nSPS) is 16.6. The summed E-state index contributed by atoms with van der Waals surface area (Å²) in [6, 6.07) is 13.9. The third-order valence-electron chi connectivity index (χ3n) is 5.22. The summed E-state index contributed by atoms with van der Waals surface area (Å²) in [5.41, 5.74) is 3.30. The molecule has 0 aliphatic carbocycles. The van der Waals surface area contributed by atoms with Crippen LogP contribution in [0.5, 0.6) is 0 Å². The molecule has 5 rings (SSSR count). The van der Waals surface area contributed by atoms with Gasteiger partial charge in [0.25, 0.3) is 10.0 Å². The van der Waals surface area contributed by atoms with E-state index in [0.29, 0.717) is 36.9 Å². The molecule has 29 heavy (non-hydrogen) atoms. The smallest absolute Gasteiger partial charge is 0.252 e. The lowest BCUT2D eigenvalue weighted by molar-refractivity contribution is 0.172.